The molecule has 2 heterocycles. The number of methoxy groups -OCH3 is 1. The quantitative estimate of drug-likeness (QED) is 0.331. The highest BCUT2D eigenvalue weighted by atomic mass is 16.5. The summed E-state index contributed by atoms with van der Waals surface area (Å²) >= 11 is 0. The van der Waals surface area contributed by atoms with Gasteiger partial charge < -0.3 is 13.8 Å². The zero-order valence-electron chi connectivity index (χ0n) is 18.7. The van der Waals surface area contributed by atoms with Crippen LogP contribution < -0.4 is 4.74 Å². The number of hydrogen-bond acceptors (Lipinski definition) is 4. The number of rotatable bonds is 5. The van der Waals surface area contributed by atoms with Crippen LogP contribution in [0, 0.1) is 20.8 Å². The number of hydrogen-bond donors (Lipinski definition) is 0. The fourth-order valence-electron chi connectivity index (χ4n) is 4.00. The minimum atomic E-state index is 0.519. The molecule has 32 heavy (non-hydrogen) atoms. The summed E-state index contributed by atoms with van der Waals surface area (Å²) in [5, 5.41) is 5.34. The average molecular weight is 424 g/mol. The Hall–Kier alpha value is -3.86. The van der Waals surface area contributed by atoms with Gasteiger partial charge in [-0.2, -0.15) is 4.98 Å². The third-order valence-corrected chi connectivity index (χ3v) is 5.97. The first kappa shape index (κ1) is 20.1. The predicted octanol–water partition coefficient (Wildman–Crippen LogP) is 6.34. The van der Waals surface area contributed by atoms with Crippen LogP contribution >= 0.6 is 0 Å². The molecule has 0 fully saturated rings. The second kappa shape index (κ2) is 8.00. The summed E-state index contributed by atoms with van der Waals surface area (Å²) < 4.78 is 13.2. The minimum absolute atomic E-state index is 0.519. The van der Waals surface area contributed by atoms with Crippen LogP contribution in [-0.2, 0) is 6.54 Å². The van der Waals surface area contributed by atoms with E-state index in [-0.39, 0.29) is 0 Å². The fraction of sp³-hybridized carbons (Fsp3) is 0.185. The highest BCUT2D eigenvalue weighted by molar-refractivity contribution is 5.94. The summed E-state index contributed by atoms with van der Waals surface area (Å²) in [6.07, 6.45) is 2.12. The molecule has 0 aliphatic rings. The predicted molar refractivity (Wildman–Crippen MR) is 127 cm³/mol. The Balaban J connectivity index is 1.56. The molecular formula is C27H25N3O2. The van der Waals surface area contributed by atoms with Gasteiger partial charge in [-0.15, -0.1) is 0 Å². The van der Waals surface area contributed by atoms with Crippen LogP contribution in [0.25, 0.3) is 33.7 Å². The number of aromatic nitrogens is 3. The van der Waals surface area contributed by atoms with Crippen molar-refractivity contribution in [2.45, 2.75) is 27.3 Å². The first-order valence-electron chi connectivity index (χ1n) is 10.7. The Kier molecular flexibility index (Phi) is 5.02. The van der Waals surface area contributed by atoms with Crippen LogP contribution in [0.15, 0.2) is 71.4 Å². The van der Waals surface area contributed by atoms with Gasteiger partial charge in [-0.1, -0.05) is 35.0 Å². The van der Waals surface area contributed by atoms with Gasteiger partial charge in [0.15, 0.2) is 0 Å². The first-order valence-corrected chi connectivity index (χ1v) is 10.7. The molecular weight excluding hydrogens is 398 g/mol. The summed E-state index contributed by atoms with van der Waals surface area (Å²) in [4.78, 5) is 4.70. The SMILES string of the molecule is COc1ccc(-c2noc(-c3cn(Cc4ccc(C)c(C)c4)c4ccc(C)cc34)n2)cc1. The van der Waals surface area contributed by atoms with Crippen molar-refractivity contribution in [3.8, 4) is 28.6 Å². The van der Waals surface area contributed by atoms with E-state index in [9.17, 15) is 0 Å². The Morgan fingerprint density at radius 1 is 0.906 bits per heavy atom. The second-order valence-electron chi connectivity index (χ2n) is 8.26. The molecule has 0 spiro atoms. The molecule has 0 saturated carbocycles. The molecule has 2 aromatic heterocycles. The van der Waals surface area contributed by atoms with E-state index in [4.69, 9.17) is 14.2 Å². The number of fused-ring (bicyclic) bond motifs is 1. The molecule has 0 radical (unpaired) electrons. The van der Waals surface area contributed by atoms with Crippen molar-refractivity contribution in [3.63, 3.8) is 0 Å². The van der Waals surface area contributed by atoms with Gasteiger partial charge in [0.25, 0.3) is 5.89 Å². The minimum Gasteiger partial charge on any atom is -0.497 e. The summed E-state index contributed by atoms with van der Waals surface area (Å²) in [5.74, 6) is 1.87. The lowest BCUT2D eigenvalue weighted by atomic mass is 10.1. The standard InChI is InChI=1S/C27H25N3O2/c1-17-5-12-25-23(13-17)24(16-30(25)15-20-7-6-18(2)19(3)14-20)27-28-26(29-32-27)21-8-10-22(31-4)11-9-21/h5-14,16H,15H2,1-4H3. The number of benzene rings is 3. The lowest BCUT2D eigenvalue weighted by molar-refractivity contribution is 0.415. The smallest absolute Gasteiger partial charge is 0.260 e. The van der Waals surface area contributed by atoms with Crippen LogP contribution in [0.5, 0.6) is 5.75 Å². The van der Waals surface area contributed by atoms with Crippen molar-refractivity contribution in [1.29, 1.82) is 0 Å². The fourth-order valence-corrected chi connectivity index (χ4v) is 4.00. The largest absolute Gasteiger partial charge is 0.497 e. The molecule has 5 heteroatoms. The molecule has 0 bridgehead atoms. The highest BCUT2D eigenvalue weighted by Crippen LogP contribution is 2.32. The topological polar surface area (TPSA) is 53.1 Å². The number of nitrogens with zero attached hydrogens (tertiary/aromatic N) is 3. The lowest BCUT2D eigenvalue weighted by Crippen LogP contribution is -1.98. The Morgan fingerprint density at radius 2 is 1.72 bits per heavy atom. The van der Waals surface area contributed by atoms with Gasteiger partial charge in [0.05, 0.1) is 12.7 Å². The molecule has 0 N–H and O–H groups in total. The van der Waals surface area contributed by atoms with Crippen LogP contribution in [0.4, 0.5) is 0 Å². The van der Waals surface area contributed by atoms with Crippen molar-refractivity contribution in [2.75, 3.05) is 7.11 Å². The maximum absolute atomic E-state index is 5.70. The van der Waals surface area contributed by atoms with E-state index in [2.05, 4.69) is 73.1 Å². The van der Waals surface area contributed by atoms with Crippen molar-refractivity contribution in [2.24, 2.45) is 0 Å². The summed E-state index contributed by atoms with van der Waals surface area (Å²) in [5.41, 5.74) is 8.04. The van der Waals surface area contributed by atoms with Gasteiger partial charge >= 0.3 is 0 Å². The van der Waals surface area contributed by atoms with Gasteiger partial charge in [-0.05, 0) is 73.9 Å². The van der Waals surface area contributed by atoms with E-state index >= 15 is 0 Å². The zero-order chi connectivity index (χ0) is 22.2. The average Bonchev–Trinajstić information content (AvgIpc) is 3.41. The van der Waals surface area contributed by atoms with E-state index in [1.807, 2.05) is 24.3 Å². The Morgan fingerprint density at radius 3 is 2.47 bits per heavy atom. The van der Waals surface area contributed by atoms with Gasteiger partial charge in [-0.3, -0.25) is 0 Å². The maximum Gasteiger partial charge on any atom is 0.260 e. The molecule has 0 saturated heterocycles. The van der Waals surface area contributed by atoms with Crippen LogP contribution in [-0.4, -0.2) is 21.8 Å². The molecule has 0 atom stereocenters. The van der Waals surface area contributed by atoms with Crippen LogP contribution in [0.3, 0.4) is 0 Å². The summed E-state index contributed by atoms with van der Waals surface area (Å²) in [6, 6.07) is 20.8. The van der Waals surface area contributed by atoms with E-state index in [1.54, 1.807) is 7.11 Å². The number of aryl methyl sites for hydroxylation is 3. The molecule has 5 nitrogen and oxygen atoms in total. The lowest BCUT2D eigenvalue weighted by Gasteiger charge is -2.08. The van der Waals surface area contributed by atoms with Gasteiger partial charge in [0, 0.05) is 29.2 Å². The van der Waals surface area contributed by atoms with E-state index < -0.39 is 0 Å². The molecule has 3 aromatic carbocycles. The zero-order valence-corrected chi connectivity index (χ0v) is 18.7. The second-order valence-corrected chi connectivity index (χ2v) is 8.26. The van der Waals surface area contributed by atoms with Crippen molar-refractivity contribution in [1.82, 2.24) is 14.7 Å². The molecule has 5 rings (SSSR count). The molecule has 0 amide bonds. The summed E-state index contributed by atoms with van der Waals surface area (Å²) in [6.45, 7) is 7.17. The van der Waals surface area contributed by atoms with Crippen molar-refractivity contribution in [3.05, 3.63) is 89.1 Å². The number of ether oxygens (including phenoxy) is 1. The third-order valence-electron chi connectivity index (χ3n) is 5.97. The van der Waals surface area contributed by atoms with Crippen LogP contribution in [0.2, 0.25) is 0 Å². The monoisotopic (exact) mass is 423 g/mol. The van der Waals surface area contributed by atoms with Crippen molar-refractivity contribution < 1.29 is 9.26 Å². The van der Waals surface area contributed by atoms with E-state index in [0.29, 0.717) is 11.7 Å². The van der Waals surface area contributed by atoms with Gasteiger partial charge in [0.2, 0.25) is 5.82 Å². The van der Waals surface area contributed by atoms with E-state index in [0.717, 1.165) is 34.3 Å². The van der Waals surface area contributed by atoms with Crippen molar-refractivity contribution >= 4 is 10.9 Å². The molecule has 0 aliphatic heterocycles. The normalized spacial score (nSPS) is 11.2. The van der Waals surface area contributed by atoms with Gasteiger partial charge in [0.1, 0.15) is 5.75 Å². The molecule has 5 aromatic rings. The van der Waals surface area contributed by atoms with Crippen LogP contribution in [0.1, 0.15) is 22.3 Å². The molecule has 0 aliphatic carbocycles. The van der Waals surface area contributed by atoms with E-state index in [1.165, 1.54) is 22.3 Å². The molecule has 0 unspecified atom stereocenters. The maximum atomic E-state index is 5.70. The Bertz CT molecular complexity index is 1410. The Labute approximate surface area is 187 Å². The van der Waals surface area contributed by atoms with Gasteiger partial charge in [-0.25, -0.2) is 0 Å². The first-order chi connectivity index (χ1) is 15.5. The molecule has 160 valence electrons. The highest BCUT2D eigenvalue weighted by Gasteiger charge is 2.17. The third kappa shape index (κ3) is 3.66. The summed E-state index contributed by atoms with van der Waals surface area (Å²) in [7, 11) is 1.65.